The summed E-state index contributed by atoms with van der Waals surface area (Å²) in [6.45, 7) is 1.63. The first-order chi connectivity index (χ1) is 10.8. The molecule has 0 radical (unpaired) electrons. The Labute approximate surface area is 133 Å². The average molecular weight is 336 g/mol. The zero-order chi connectivity index (χ0) is 17.2. The first-order valence-electron chi connectivity index (χ1n) is 6.52. The van der Waals surface area contributed by atoms with E-state index in [-0.39, 0.29) is 17.0 Å². The molecule has 8 heteroatoms. The number of hydrogen-bond acceptors (Lipinski definition) is 6. The fourth-order valence-electron chi connectivity index (χ4n) is 2.12. The molecule has 0 atom stereocenters. The highest BCUT2D eigenvalue weighted by Crippen LogP contribution is 2.37. The number of aryl methyl sites for hydroxylation is 1. The highest BCUT2D eigenvalue weighted by Gasteiger charge is 2.27. The second-order valence-electron chi connectivity index (χ2n) is 4.76. The van der Waals surface area contributed by atoms with Gasteiger partial charge >= 0.3 is 5.97 Å². The number of methoxy groups -OCH3 is 1. The number of carbonyl (C=O) groups excluding carboxylic acids is 1. The van der Waals surface area contributed by atoms with Crippen molar-refractivity contribution in [2.75, 3.05) is 12.8 Å². The van der Waals surface area contributed by atoms with Crippen LogP contribution in [0.5, 0.6) is 11.5 Å². The van der Waals surface area contributed by atoms with Crippen LogP contribution < -0.4 is 15.6 Å². The van der Waals surface area contributed by atoms with Gasteiger partial charge in [-0.1, -0.05) is 18.2 Å². The molecule has 0 saturated carbocycles. The number of hydrogen-bond donors (Lipinski definition) is 2. The third kappa shape index (κ3) is 3.43. The van der Waals surface area contributed by atoms with Crippen LogP contribution in [0.15, 0.2) is 41.3 Å². The summed E-state index contributed by atoms with van der Waals surface area (Å²) in [7, 11) is -3.12. The van der Waals surface area contributed by atoms with E-state index in [1.54, 1.807) is 37.3 Å². The Bertz CT molecular complexity index is 848. The zero-order valence-electron chi connectivity index (χ0n) is 12.6. The molecule has 0 fully saturated rings. The molecule has 0 unspecified atom stereocenters. The van der Waals surface area contributed by atoms with Gasteiger partial charge in [-0.15, -0.1) is 0 Å². The normalized spacial score (nSPS) is 11.1. The minimum atomic E-state index is -4.26. The van der Waals surface area contributed by atoms with Crippen LogP contribution >= 0.6 is 0 Å². The predicted octanol–water partition coefficient (Wildman–Crippen LogP) is 1.80. The van der Waals surface area contributed by atoms with Crippen molar-refractivity contribution in [1.29, 1.82) is 0 Å². The Morgan fingerprint density at radius 2 is 1.78 bits per heavy atom. The molecule has 0 aromatic heterocycles. The lowest BCUT2D eigenvalue weighted by Gasteiger charge is -2.16. The van der Waals surface area contributed by atoms with E-state index >= 15 is 0 Å². The number of sulfonamides is 1. The summed E-state index contributed by atoms with van der Waals surface area (Å²) >= 11 is 0. The largest absolute Gasteiger partial charge is 0.465 e. The van der Waals surface area contributed by atoms with Gasteiger partial charge in [0.15, 0.2) is 5.75 Å². The van der Waals surface area contributed by atoms with Gasteiger partial charge in [0.25, 0.3) is 0 Å². The molecule has 0 heterocycles. The lowest BCUT2D eigenvalue weighted by atomic mass is 10.1. The zero-order valence-corrected chi connectivity index (χ0v) is 13.4. The van der Waals surface area contributed by atoms with Crippen LogP contribution in [0, 0.1) is 6.92 Å². The molecule has 0 amide bonds. The van der Waals surface area contributed by atoms with Gasteiger partial charge in [-0.25, -0.2) is 18.4 Å². The van der Waals surface area contributed by atoms with Gasteiger partial charge in [0.05, 0.1) is 18.4 Å². The minimum Gasteiger partial charge on any atom is -0.465 e. The number of carbonyl (C=O) groups is 1. The van der Waals surface area contributed by atoms with Gasteiger partial charge in [0, 0.05) is 0 Å². The number of benzene rings is 2. The van der Waals surface area contributed by atoms with Crippen molar-refractivity contribution in [1.82, 2.24) is 0 Å². The number of rotatable bonds is 4. The average Bonchev–Trinajstić information content (AvgIpc) is 2.49. The van der Waals surface area contributed by atoms with Gasteiger partial charge in [0.1, 0.15) is 10.6 Å². The number of nitrogen functional groups attached to an aromatic ring is 1. The first kappa shape index (κ1) is 16.8. The van der Waals surface area contributed by atoms with E-state index in [2.05, 4.69) is 4.74 Å². The summed E-state index contributed by atoms with van der Waals surface area (Å²) in [5.41, 5.74) is 5.92. The summed E-state index contributed by atoms with van der Waals surface area (Å²) in [5.74, 6) is -0.267. The molecular weight excluding hydrogens is 320 g/mol. The van der Waals surface area contributed by atoms with E-state index < -0.39 is 20.9 Å². The van der Waals surface area contributed by atoms with Crippen molar-refractivity contribution in [3.8, 4) is 11.5 Å². The maximum absolute atomic E-state index is 11.8. The first-order valence-corrected chi connectivity index (χ1v) is 8.07. The fraction of sp³-hybridized carbons (Fsp3) is 0.133. The van der Waals surface area contributed by atoms with Crippen LogP contribution in [-0.4, -0.2) is 21.5 Å². The van der Waals surface area contributed by atoms with E-state index in [4.69, 9.17) is 15.6 Å². The molecule has 2 aromatic rings. The summed E-state index contributed by atoms with van der Waals surface area (Å²) in [5, 5.41) is 5.19. The van der Waals surface area contributed by atoms with Crippen molar-refractivity contribution in [2.24, 2.45) is 5.14 Å². The molecule has 0 aliphatic carbocycles. The second kappa shape index (κ2) is 6.27. The van der Waals surface area contributed by atoms with Crippen molar-refractivity contribution in [2.45, 2.75) is 11.8 Å². The molecule has 0 aliphatic rings. The number of ether oxygens (including phenoxy) is 2. The SMILES string of the molecule is COC(=O)c1cc(C)c(Oc2ccccc2)c(N)c1S(N)(=O)=O. The number of esters is 1. The van der Waals surface area contributed by atoms with Crippen LogP contribution in [-0.2, 0) is 14.8 Å². The van der Waals surface area contributed by atoms with Crippen molar-refractivity contribution >= 4 is 21.7 Å². The van der Waals surface area contributed by atoms with Crippen LogP contribution in [0.4, 0.5) is 5.69 Å². The molecule has 7 nitrogen and oxygen atoms in total. The third-order valence-corrected chi connectivity index (χ3v) is 4.11. The van der Waals surface area contributed by atoms with Gasteiger partial charge in [-0.3, -0.25) is 0 Å². The van der Waals surface area contributed by atoms with E-state index in [1.807, 2.05) is 0 Å². The maximum Gasteiger partial charge on any atom is 0.339 e. The minimum absolute atomic E-state index is 0.118. The Kier molecular flexibility index (Phi) is 4.57. The van der Waals surface area contributed by atoms with Crippen molar-refractivity contribution in [3.63, 3.8) is 0 Å². The van der Waals surface area contributed by atoms with Crippen molar-refractivity contribution in [3.05, 3.63) is 47.5 Å². The molecule has 2 aromatic carbocycles. The highest BCUT2D eigenvalue weighted by molar-refractivity contribution is 7.89. The van der Waals surface area contributed by atoms with Gasteiger partial charge < -0.3 is 15.2 Å². The smallest absolute Gasteiger partial charge is 0.339 e. The Hall–Kier alpha value is -2.58. The Morgan fingerprint density at radius 1 is 1.17 bits per heavy atom. The van der Waals surface area contributed by atoms with Crippen LogP contribution in [0.3, 0.4) is 0 Å². The molecular formula is C15H16N2O5S. The second-order valence-corrected chi connectivity index (χ2v) is 6.26. The van der Waals surface area contributed by atoms with Gasteiger partial charge in [-0.05, 0) is 30.7 Å². The van der Waals surface area contributed by atoms with Crippen LogP contribution in [0.2, 0.25) is 0 Å². The summed E-state index contributed by atoms with van der Waals surface area (Å²) < 4.78 is 33.9. The lowest BCUT2D eigenvalue weighted by Crippen LogP contribution is -2.20. The topological polar surface area (TPSA) is 122 Å². The lowest BCUT2D eigenvalue weighted by molar-refractivity contribution is 0.0596. The number of primary sulfonamides is 1. The number of nitrogens with two attached hydrogens (primary N) is 2. The standard InChI is InChI=1S/C15H16N2O5S/c1-9-8-11(15(18)21-2)14(23(17,19)20)12(16)13(9)22-10-6-4-3-5-7-10/h3-8H,16H2,1-2H3,(H2,17,19,20). The third-order valence-electron chi connectivity index (χ3n) is 3.11. The summed E-state index contributed by atoms with van der Waals surface area (Å²) in [6.07, 6.45) is 0. The maximum atomic E-state index is 11.8. The Balaban J connectivity index is 2.69. The Morgan fingerprint density at radius 3 is 2.30 bits per heavy atom. The highest BCUT2D eigenvalue weighted by atomic mass is 32.2. The molecule has 122 valence electrons. The molecule has 4 N–H and O–H groups in total. The number of para-hydroxylation sites is 1. The molecule has 2 rings (SSSR count). The predicted molar refractivity (Wildman–Crippen MR) is 84.8 cm³/mol. The van der Waals surface area contributed by atoms with E-state index in [0.717, 1.165) is 7.11 Å². The molecule has 23 heavy (non-hydrogen) atoms. The molecule has 0 aliphatic heterocycles. The van der Waals surface area contributed by atoms with Crippen molar-refractivity contribution < 1.29 is 22.7 Å². The fourth-order valence-corrected chi connectivity index (χ4v) is 2.97. The van der Waals surface area contributed by atoms with Crippen LogP contribution in [0.25, 0.3) is 0 Å². The van der Waals surface area contributed by atoms with Gasteiger partial charge in [0.2, 0.25) is 10.0 Å². The monoisotopic (exact) mass is 336 g/mol. The molecule has 0 spiro atoms. The summed E-state index contributed by atoms with van der Waals surface area (Å²) in [6, 6.07) is 10.0. The van der Waals surface area contributed by atoms with E-state index in [0.29, 0.717) is 11.3 Å². The summed E-state index contributed by atoms with van der Waals surface area (Å²) in [4.78, 5) is 11.3. The van der Waals surface area contributed by atoms with Gasteiger partial charge in [-0.2, -0.15) is 0 Å². The van der Waals surface area contributed by atoms with Crippen LogP contribution in [0.1, 0.15) is 15.9 Å². The van der Waals surface area contributed by atoms with E-state index in [1.165, 1.54) is 6.07 Å². The van der Waals surface area contributed by atoms with E-state index in [9.17, 15) is 13.2 Å². The molecule has 0 saturated heterocycles. The quantitative estimate of drug-likeness (QED) is 0.648. The molecule has 0 bridgehead atoms. The number of anilines is 1.